The van der Waals surface area contributed by atoms with Crippen LogP contribution in [0.2, 0.25) is 0 Å². The first-order chi connectivity index (χ1) is 14.0. The molecule has 4 rings (SSSR count). The van der Waals surface area contributed by atoms with Crippen LogP contribution in [0.4, 0.5) is 8.78 Å². The largest absolute Gasteiger partial charge is 0.338 e. The zero-order valence-corrected chi connectivity index (χ0v) is 15.8. The normalized spacial score (nSPS) is 15.9. The minimum atomic E-state index is -1.40. The predicted octanol–water partition coefficient (Wildman–Crippen LogP) is 3.86. The summed E-state index contributed by atoms with van der Waals surface area (Å²) in [5, 5.41) is 0. The number of carbonyl (C=O) groups is 1. The minimum Gasteiger partial charge on any atom is -0.338 e. The van der Waals surface area contributed by atoms with E-state index < -0.39 is 5.67 Å². The zero-order chi connectivity index (χ0) is 20.3. The number of carbonyl (C=O) groups excluding carboxylic acids is 1. The maximum absolute atomic E-state index is 15.3. The maximum Gasteiger partial charge on any atom is 0.256 e. The van der Waals surface area contributed by atoms with Crippen molar-refractivity contribution in [2.24, 2.45) is 0 Å². The average Bonchev–Trinajstić information content (AvgIpc) is 2.76. The van der Waals surface area contributed by atoms with Crippen molar-refractivity contribution in [2.45, 2.75) is 24.9 Å². The predicted molar refractivity (Wildman–Crippen MR) is 104 cm³/mol. The summed E-state index contributed by atoms with van der Waals surface area (Å²) in [5.41, 5.74) is 0.849. The summed E-state index contributed by atoms with van der Waals surface area (Å²) in [4.78, 5) is 27.1. The van der Waals surface area contributed by atoms with Crippen molar-refractivity contribution in [3.05, 3.63) is 78.1 Å². The van der Waals surface area contributed by atoms with Gasteiger partial charge in [-0.1, -0.05) is 12.1 Å². The molecule has 0 atom stereocenters. The number of aromatic nitrogens is 3. The molecule has 3 heterocycles. The molecule has 1 amide bonds. The lowest BCUT2D eigenvalue weighted by Gasteiger charge is -2.36. The lowest BCUT2D eigenvalue weighted by Crippen LogP contribution is -2.45. The molecule has 1 saturated heterocycles. The number of benzene rings is 1. The lowest BCUT2D eigenvalue weighted by molar-refractivity contribution is 0.0437. The third-order valence-electron chi connectivity index (χ3n) is 5.24. The van der Waals surface area contributed by atoms with Crippen LogP contribution in [0, 0.1) is 5.82 Å². The summed E-state index contributed by atoms with van der Waals surface area (Å²) in [7, 11) is 0. The minimum absolute atomic E-state index is 0.185. The number of rotatable bonds is 4. The molecule has 0 spiro atoms. The third-order valence-corrected chi connectivity index (χ3v) is 5.24. The van der Waals surface area contributed by atoms with Crippen LogP contribution < -0.4 is 0 Å². The van der Waals surface area contributed by atoms with E-state index in [1.807, 2.05) is 0 Å². The number of piperidine rings is 1. The number of likely N-dealkylation sites (tertiary alicyclic amines) is 1. The van der Waals surface area contributed by atoms with E-state index in [1.54, 1.807) is 47.6 Å². The van der Waals surface area contributed by atoms with Crippen molar-refractivity contribution in [3.8, 4) is 11.4 Å². The molecule has 0 saturated carbocycles. The van der Waals surface area contributed by atoms with Gasteiger partial charge in [0.05, 0.1) is 11.3 Å². The van der Waals surface area contributed by atoms with Gasteiger partial charge >= 0.3 is 0 Å². The van der Waals surface area contributed by atoms with E-state index in [0.29, 0.717) is 30.0 Å². The highest BCUT2D eigenvalue weighted by atomic mass is 19.1. The molecule has 1 aliphatic heterocycles. The highest BCUT2D eigenvalue weighted by molar-refractivity contribution is 5.99. The second kappa shape index (κ2) is 8.03. The molecule has 148 valence electrons. The Labute approximate surface area is 167 Å². The van der Waals surface area contributed by atoms with Gasteiger partial charge in [-0.25, -0.2) is 18.7 Å². The fourth-order valence-corrected chi connectivity index (χ4v) is 3.64. The van der Waals surface area contributed by atoms with E-state index >= 15 is 4.39 Å². The van der Waals surface area contributed by atoms with Gasteiger partial charge in [-0.2, -0.15) is 0 Å². The van der Waals surface area contributed by atoms with Crippen molar-refractivity contribution in [3.63, 3.8) is 0 Å². The fraction of sp³-hybridized carbons (Fsp3) is 0.273. The Balaban J connectivity index is 1.47. The number of nitrogens with zero attached hydrogens (tertiary/aromatic N) is 4. The van der Waals surface area contributed by atoms with Crippen LogP contribution in [0.25, 0.3) is 11.4 Å². The molecule has 0 N–H and O–H groups in total. The Hall–Kier alpha value is -3.22. The molecule has 1 aliphatic rings. The fourth-order valence-electron chi connectivity index (χ4n) is 3.64. The van der Waals surface area contributed by atoms with E-state index in [9.17, 15) is 9.18 Å². The standard InChI is InChI=1S/C22H20F2N4O/c23-17-5-3-16(4-6-17)14-22(24)8-12-28(13-9-22)21(29)18-2-1-10-26-20(18)19-7-11-25-15-27-19/h1-7,10-11,15H,8-9,12-14H2. The van der Waals surface area contributed by atoms with Gasteiger partial charge in [0, 0.05) is 31.9 Å². The van der Waals surface area contributed by atoms with Gasteiger partial charge in [0.25, 0.3) is 5.91 Å². The molecule has 5 nitrogen and oxygen atoms in total. The summed E-state index contributed by atoms with van der Waals surface area (Å²) >= 11 is 0. The molecule has 29 heavy (non-hydrogen) atoms. The quantitative estimate of drug-likeness (QED) is 0.674. The summed E-state index contributed by atoms with van der Waals surface area (Å²) in [6.45, 7) is 0.628. The average molecular weight is 394 g/mol. The first kappa shape index (κ1) is 19.1. The summed E-state index contributed by atoms with van der Waals surface area (Å²) in [6.07, 6.45) is 5.30. The first-order valence-corrected chi connectivity index (χ1v) is 9.48. The monoisotopic (exact) mass is 394 g/mol. The molecular formula is C22H20F2N4O. The van der Waals surface area contributed by atoms with Gasteiger partial charge in [-0.3, -0.25) is 9.78 Å². The van der Waals surface area contributed by atoms with Gasteiger partial charge in [0.2, 0.25) is 0 Å². The molecule has 0 aliphatic carbocycles. The summed E-state index contributed by atoms with van der Waals surface area (Å²) < 4.78 is 28.3. The van der Waals surface area contributed by atoms with Crippen LogP contribution in [-0.4, -0.2) is 44.5 Å². The van der Waals surface area contributed by atoms with Crippen molar-refractivity contribution in [1.29, 1.82) is 0 Å². The number of hydrogen-bond acceptors (Lipinski definition) is 4. The lowest BCUT2D eigenvalue weighted by atomic mass is 9.86. The van der Waals surface area contributed by atoms with E-state index in [1.165, 1.54) is 18.5 Å². The van der Waals surface area contributed by atoms with Crippen molar-refractivity contribution < 1.29 is 13.6 Å². The second-order valence-electron chi connectivity index (χ2n) is 7.24. The molecule has 7 heteroatoms. The number of alkyl halides is 1. The van der Waals surface area contributed by atoms with Gasteiger partial charge in [-0.15, -0.1) is 0 Å². The molecule has 0 bridgehead atoms. The Morgan fingerprint density at radius 3 is 2.48 bits per heavy atom. The van der Waals surface area contributed by atoms with Crippen LogP contribution in [0.1, 0.15) is 28.8 Å². The number of hydrogen-bond donors (Lipinski definition) is 0. The summed E-state index contributed by atoms with van der Waals surface area (Å²) in [6, 6.07) is 11.0. The van der Waals surface area contributed by atoms with Crippen LogP contribution in [0.15, 0.2) is 61.2 Å². The van der Waals surface area contributed by atoms with Crippen LogP contribution in [-0.2, 0) is 6.42 Å². The molecule has 0 unspecified atom stereocenters. The Morgan fingerprint density at radius 1 is 1.03 bits per heavy atom. The van der Waals surface area contributed by atoms with Crippen LogP contribution >= 0.6 is 0 Å². The maximum atomic E-state index is 15.3. The first-order valence-electron chi connectivity index (χ1n) is 9.48. The molecular weight excluding hydrogens is 374 g/mol. The number of pyridine rings is 1. The highest BCUT2D eigenvalue weighted by Crippen LogP contribution is 2.32. The molecule has 1 fully saturated rings. The van der Waals surface area contributed by atoms with Crippen LogP contribution in [0.5, 0.6) is 0 Å². The van der Waals surface area contributed by atoms with Gasteiger partial charge < -0.3 is 4.90 Å². The van der Waals surface area contributed by atoms with E-state index in [-0.39, 0.29) is 31.0 Å². The number of amides is 1. The summed E-state index contributed by atoms with van der Waals surface area (Å²) in [5.74, 6) is -0.520. The van der Waals surface area contributed by atoms with Gasteiger partial charge in [0.15, 0.2) is 0 Å². The molecule has 3 aromatic rings. The smallest absolute Gasteiger partial charge is 0.256 e. The van der Waals surface area contributed by atoms with Crippen molar-refractivity contribution in [2.75, 3.05) is 13.1 Å². The molecule has 2 aromatic heterocycles. The Morgan fingerprint density at radius 2 is 1.79 bits per heavy atom. The third kappa shape index (κ3) is 4.29. The van der Waals surface area contributed by atoms with Crippen molar-refractivity contribution in [1.82, 2.24) is 19.9 Å². The van der Waals surface area contributed by atoms with Crippen molar-refractivity contribution >= 4 is 5.91 Å². The molecule has 0 radical (unpaired) electrons. The van der Waals surface area contributed by atoms with E-state index in [2.05, 4.69) is 15.0 Å². The zero-order valence-electron chi connectivity index (χ0n) is 15.8. The Kier molecular flexibility index (Phi) is 5.29. The molecule has 1 aromatic carbocycles. The van der Waals surface area contributed by atoms with E-state index in [0.717, 1.165) is 5.56 Å². The van der Waals surface area contributed by atoms with Gasteiger partial charge in [-0.05, 0) is 48.7 Å². The van der Waals surface area contributed by atoms with Crippen LogP contribution in [0.3, 0.4) is 0 Å². The SMILES string of the molecule is O=C(c1cccnc1-c1ccncn1)N1CCC(F)(Cc2ccc(F)cc2)CC1. The van der Waals surface area contributed by atoms with E-state index in [4.69, 9.17) is 0 Å². The topological polar surface area (TPSA) is 59.0 Å². The second-order valence-corrected chi connectivity index (χ2v) is 7.24. The Bertz CT molecular complexity index is 987. The van der Waals surface area contributed by atoms with Gasteiger partial charge in [0.1, 0.15) is 23.5 Å². The highest BCUT2D eigenvalue weighted by Gasteiger charge is 2.36. The number of halogens is 2.